The van der Waals surface area contributed by atoms with Crippen molar-refractivity contribution < 1.29 is 9.13 Å². The number of benzene rings is 1. The maximum atomic E-state index is 13.3. The molecule has 1 fully saturated rings. The zero-order valence-corrected chi connectivity index (χ0v) is 8.00. The minimum atomic E-state index is -0.364. The Balaban J connectivity index is 2.08. The molecular formula is C11H14FNO. The fourth-order valence-electron chi connectivity index (χ4n) is 1.80. The molecule has 14 heavy (non-hydrogen) atoms. The van der Waals surface area contributed by atoms with Crippen molar-refractivity contribution in [2.75, 3.05) is 5.73 Å². The summed E-state index contributed by atoms with van der Waals surface area (Å²) in [6, 6.07) is 4.56. The van der Waals surface area contributed by atoms with Crippen LogP contribution in [-0.4, -0.2) is 6.10 Å². The molecule has 1 aliphatic carbocycles. The average Bonchev–Trinajstić information content (AvgIpc) is 2.62. The largest absolute Gasteiger partial charge is 0.487 e. The van der Waals surface area contributed by atoms with Crippen LogP contribution in [-0.2, 0) is 0 Å². The van der Waals surface area contributed by atoms with Crippen molar-refractivity contribution in [3.8, 4) is 5.75 Å². The lowest BCUT2D eigenvalue weighted by molar-refractivity contribution is 0.201. The van der Waals surface area contributed by atoms with Crippen molar-refractivity contribution in [1.82, 2.24) is 0 Å². The van der Waals surface area contributed by atoms with Gasteiger partial charge in [0.1, 0.15) is 0 Å². The number of hydrogen-bond acceptors (Lipinski definition) is 2. The fraction of sp³-hybridized carbons (Fsp3) is 0.455. The highest BCUT2D eigenvalue weighted by atomic mass is 19.1. The van der Waals surface area contributed by atoms with Gasteiger partial charge in [0.2, 0.25) is 0 Å². The van der Waals surface area contributed by atoms with Crippen LogP contribution < -0.4 is 10.5 Å². The Bertz CT molecular complexity index is 321. The molecule has 0 unspecified atom stereocenters. The van der Waals surface area contributed by atoms with E-state index in [9.17, 15) is 4.39 Å². The molecule has 0 aliphatic heterocycles. The topological polar surface area (TPSA) is 35.2 Å². The third-order valence-corrected chi connectivity index (χ3v) is 2.55. The predicted octanol–water partition coefficient (Wildman–Crippen LogP) is 2.73. The molecule has 3 heteroatoms. The maximum absolute atomic E-state index is 13.3. The van der Waals surface area contributed by atoms with Crippen LogP contribution in [0.15, 0.2) is 18.2 Å². The van der Waals surface area contributed by atoms with Gasteiger partial charge in [0.15, 0.2) is 11.6 Å². The summed E-state index contributed by atoms with van der Waals surface area (Å²) in [5.41, 5.74) is 5.87. The van der Waals surface area contributed by atoms with Gasteiger partial charge in [-0.1, -0.05) is 0 Å². The van der Waals surface area contributed by atoms with Crippen LogP contribution in [0.2, 0.25) is 0 Å². The Hall–Kier alpha value is -1.25. The molecule has 76 valence electrons. The quantitative estimate of drug-likeness (QED) is 0.736. The molecule has 0 heterocycles. The predicted molar refractivity (Wildman–Crippen MR) is 53.7 cm³/mol. The molecule has 2 nitrogen and oxygen atoms in total. The van der Waals surface area contributed by atoms with E-state index in [1.54, 1.807) is 12.1 Å². The Morgan fingerprint density at radius 1 is 1.29 bits per heavy atom. The van der Waals surface area contributed by atoms with Crippen molar-refractivity contribution in [2.24, 2.45) is 0 Å². The Morgan fingerprint density at radius 2 is 2.00 bits per heavy atom. The minimum absolute atomic E-state index is 0.188. The van der Waals surface area contributed by atoms with Crippen LogP contribution in [0, 0.1) is 5.82 Å². The molecule has 1 aliphatic rings. The highest BCUT2D eigenvalue weighted by molar-refractivity contribution is 5.42. The first-order chi connectivity index (χ1) is 6.75. The SMILES string of the molecule is Nc1ccc(OC2CCCC2)c(F)c1. The number of nitrogens with two attached hydrogens (primary N) is 1. The van der Waals surface area contributed by atoms with Gasteiger partial charge >= 0.3 is 0 Å². The second-order valence-corrected chi connectivity index (χ2v) is 3.71. The van der Waals surface area contributed by atoms with Gasteiger partial charge < -0.3 is 10.5 Å². The molecule has 1 aromatic rings. The van der Waals surface area contributed by atoms with E-state index in [-0.39, 0.29) is 11.9 Å². The van der Waals surface area contributed by atoms with Crippen molar-refractivity contribution in [3.63, 3.8) is 0 Å². The zero-order valence-electron chi connectivity index (χ0n) is 8.00. The summed E-state index contributed by atoms with van der Waals surface area (Å²) in [6.07, 6.45) is 4.61. The third kappa shape index (κ3) is 1.97. The van der Waals surface area contributed by atoms with E-state index in [0.29, 0.717) is 11.4 Å². The minimum Gasteiger partial charge on any atom is -0.487 e. The van der Waals surface area contributed by atoms with Gasteiger partial charge in [-0.3, -0.25) is 0 Å². The standard InChI is InChI=1S/C11H14FNO/c12-10-7-8(13)5-6-11(10)14-9-3-1-2-4-9/h5-7,9H,1-4,13H2. The van der Waals surface area contributed by atoms with Gasteiger partial charge in [-0.15, -0.1) is 0 Å². The van der Waals surface area contributed by atoms with Gasteiger partial charge in [-0.25, -0.2) is 4.39 Å². The summed E-state index contributed by atoms with van der Waals surface area (Å²) in [4.78, 5) is 0. The molecular weight excluding hydrogens is 181 g/mol. The molecule has 0 bridgehead atoms. The first-order valence-corrected chi connectivity index (χ1v) is 4.97. The summed E-state index contributed by atoms with van der Waals surface area (Å²) in [5.74, 6) is -0.0389. The molecule has 0 saturated heterocycles. The monoisotopic (exact) mass is 195 g/mol. The molecule has 0 radical (unpaired) electrons. The van der Waals surface area contributed by atoms with Crippen LogP contribution in [0.4, 0.5) is 10.1 Å². The van der Waals surface area contributed by atoms with Crippen molar-refractivity contribution >= 4 is 5.69 Å². The number of rotatable bonds is 2. The lowest BCUT2D eigenvalue weighted by atomic mass is 10.2. The van der Waals surface area contributed by atoms with Crippen LogP contribution >= 0.6 is 0 Å². The number of halogens is 1. The number of nitrogen functional groups attached to an aromatic ring is 1. The van der Waals surface area contributed by atoms with E-state index in [0.717, 1.165) is 12.8 Å². The van der Waals surface area contributed by atoms with E-state index < -0.39 is 0 Å². The normalized spacial score (nSPS) is 17.2. The van der Waals surface area contributed by atoms with E-state index in [2.05, 4.69) is 0 Å². The molecule has 0 atom stereocenters. The zero-order chi connectivity index (χ0) is 9.97. The summed E-state index contributed by atoms with van der Waals surface area (Å²) >= 11 is 0. The highest BCUT2D eigenvalue weighted by Crippen LogP contribution is 2.26. The van der Waals surface area contributed by atoms with Crippen LogP contribution in [0.5, 0.6) is 5.75 Å². The lowest BCUT2D eigenvalue weighted by Gasteiger charge is -2.13. The first kappa shape index (κ1) is 9.31. The van der Waals surface area contributed by atoms with Crippen molar-refractivity contribution in [2.45, 2.75) is 31.8 Å². The lowest BCUT2D eigenvalue weighted by Crippen LogP contribution is -2.11. The molecule has 2 N–H and O–H groups in total. The molecule has 2 rings (SSSR count). The van der Waals surface area contributed by atoms with Gasteiger partial charge in [-0.05, 0) is 37.8 Å². The van der Waals surface area contributed by atoms with E-state index >= 15 is 0 Å². The van der Waals surface area contributed by atoms with E-state index in [1.165, 1.54) is 18.9 Å². The maximum Gasteiger partial charge on any atom is 0.167 e. The summed E-state index contributed by atoms with van der Waals surface area (Å²) < 4.78 is 18.8. The second-order valence-electron chi connectivity index (χ2n) is 3.71. The van der Waals surface area contributed by atoms with Gasteiger partial charge in [0.05, 0.1) is 6.10 Å². The van der Waals surface area contributed by atoms with Crippen LogP contribution in [0.3, 0.4) is 0 Å². The summed E-state index contributed by atoms with van der Waals surface area (Å²) in [7, 11) is 0. The Kier molecular flexibility index (Phi) is 2.57. The Morgan fingerprint density at radius 3 is 2.64 bits per heavy atom. The number of anilines is 1. The first-order valence-electron chi connectivity index (χ1n) is 4.97. The fourth-order valence-corrected chi connectivity index (χ4v) is 1.80. The summed E-state index contributed by atoms with van der Waals surface area (Å²) in [6.45, 7) is 0. The van der Waals surface area contributed by atoms with Crippen molar-refractivity contribution in [1.29, 1.82) is 0 Å². The van der Waals surface area contributed by atoms with Gasteiger partial charge in [0.25, 0.3) is 0 Å². The smallest absolute Gasteiger partial charge is 0.167 e. The average molecular weight is 195 g/mol. The van der Waals surface area contributed by atoms with Gasteiger partial charge in [-0.2, -0.15) is 0 Å². The Labute approximate surface area is 82.9 Å². The van der Waals surface area contributed by atoms with Crippen LogP contribution in [0.25, 0.3) is 0 Å². The molecule has 1 saturated carbocycles. The van der Waals surface area contributed by atoms with Gasteiger partial charge in [0, 0.05) is 11.8 Å². The molecule has 0 amide bonds. The second kappa shape index (κ2) is 3.86. The van der Waals surface area contributed by atoms with Crippen LogP contribution in [0.1, 0.15) is 25.7 Å². The highest BCUT2D eigenvalue weighted by Gasteiger charge is 2.17. The van der Waals surface area contributed by atoms with E-state index in [4.69, 9.17) is 10.5 Å². The molecule has 1 aromatic carbocycles. The molecule has 0 aromatic heterocycles. The number of ether oxygens (including phenoxy) is 1. The summed E-state index contributed by atoms with van der Waals surface area (Å²) in [5, 5.41) is 0. The third-order valence-electron chi connectivity index (χ3n) is 2.55. The molecule has 0 spiro atoms. The number of hydrogen-bond donors (Lipinski definition) is 1. The van der Waals surface area contributed by atoms with E-state index in [1.807, 2.05) is 0 Å². The van der Waals surface area contributed by atoms with Crippen molar-refractivity contribution in [3.05, 3.63) is 24.0 Å².